The van der Waals surface area contributed by atoms with Crippen molar-refractivity contribution in [2.45, 2.75) is 32.4 Å². The molecule has 0 saturated carbocycles. The summed E-state index contributed by atoms with van der Waals surface area (Å²) in [5.74, 6) is -0.495. The van der Waals surface area contributed by atoms with Gasteiger partial charge in [-0.15, -0.1) is 0 Å². The Morgan fingerprint density at radius 1 is 0.977 bits per heavy atom. The van der Waals surface area contributed by atoms with E-state index >= 15 is 0 Å². The van der Waals surface area contributed by atoms with Gasteiger partial charge in [0.25, 0.3) is 0 Å². The van der Waals surface area contributed by atoms with Crippen molar-refractivity contribution in [2.24, 2.45) is 0 Å². The minimum absolute atomic E-state index is 0.0957. The molecule has 3 heterocycles. The molecule has 0 spiro atoms. The molecule has 1 fully saturated rings. The lowest BCUT2D eigenvalue weighted by Crippen LogP contribution is -2.33. The SMILES string of the molecule is COC(=O)c1ccccc1-n1c(C)cc(C2C(c3ccccn3)NC(=S)N2CCC(=O)Nc2cccc3ccccc23)c1C. The quantitative estimate of drug-likeness (QED) is 0.156. The number of hydrogen-bond acceptors (Lipinski definition) is 5. The number of aryl methyl sites for hydroxylation is 1. The van der Waals surface area contributed by atoms with Crippen LogP contribution in [0.5, 0.6) is 0 Å². The Hall–Kier alpha value is -5.02. The van der Waals surface area contributed by atoms with E-state index in [2.05, 4.69) is 31.2 Å². The van der Waals surface area contributed by atoms with Crippen molar-refractivity contribution in [3.05, 3.63) is 125 Å². The first-order valence-corrected chi connectivity index (χ1v) is 14.9. The van der Waals surface area contributed by atoms with Crippen LogP contribution in [0.3, 0.4) is 0 Å². The Kier molecular flexibility index (Phi) is 8.13. The van der Waals surface area contributed by atoms with Crippen molar-refractivity contribution in [2.75, 3.05) is 19.0 Å². The van der Waals surface area contributed by atoms with Crippen molar-refractivity contribution < 1.29 is 14.3 Å². The van der Waals surface area contributed by atoms with Crippen LogP contribution in [-0.4, -0.2) is 45.1 Å². The number of esters is 1. The van der Waals surface area contributed by atoms with Gasteiger partial charge in [-0.25, -0.2) is 4.79 Å². The Morgan fingerprint density at radius 3 is 2.52 bits per heavy atom. The maximum absolute atomic E-state index is 13.3. The van der Waals surface area contributed by atoms with Gasteiger partial charge in [0.05, 0.1) is 36.1 Å². The molecule has 222 valence electrons. The van der Waals surface area contributed by atoms with Gasteiger partial charge in [0, 0.05) is 41.6 Å². The minimum Gasteiger partial charge on any atom is -0.465 e. The number of hydrogen-bond donors (Lipinski definition) is 2. The molecule has 44 heavy (non-hydrogen) atoms. The molecule has 2 unspecified atom stereocenters. The van der Waals surface area contributed by atoms with Gasteiger partial charge in [0.1, 0.15) is 0 Å². The molecule has 3 aromatic carbocycles. The summed E-state index contributed by atoms with van der Waals surface area (Å²) in [5.41, 5.74) is 5.80. The number of pyridine rings is 1. The van der Waals surface area contributed by atoms with Crippen molar-refractivity contribution >= 4 is 45.7 Å². The highest BCUT2D eigenvalue weighted by Gasteiger charge is 2.41. The van der Waals surface area contributed by atoms with Crippen molar-refractivity contribution in [3.63, 3.8) is 0 Å². The number of amides is 1. The first-order chi connectivity index (χ1) is 21.4. The van der Waals surface area contributed by atoms with Crippen LogP contribution in [0.25, 0.3) is 16.5 Å². The summed E-state index contributed by atoms with van der Waals surface area (Å²) in [6, 6.07) is 28.8. The number of fused-ring (bicyclic) bond motifs is 1. The molecule has 0 aliphatic carbocycles. The van der Waals surface area contributed by atoms with E-state index in [0.717, 1.165) is 44.8 Å². The molecule has 0 bridgehead atoms. The average molecular weight is 604 g/mol. The van der Waals surface area contributed by atoms with Crippen LogP contribution in [0, 0.1) is 13.8 Å². The molecule has 9 heteroatoms. The molecule has 2 atom stereocenters. The highest BCUT2D eigenvalue weighted by atomic mass is 32.1. The summed E-state index contributed by atoms with van der Waals surface area (Å²) in [4.78, 5) is 32.7. The van der Waals surface area contributed by atoms with Gasteiger partial charge in [-0.3, -0.25) is 9.78 Å². The molecule has 2 N–H and O–H groups in total. The van der Waals surface area contributed by atoms with Gasteiger partial charge in [0.15, 0.2) is 5.11 Å². The number of anilines is 1. The van der Waals surface area contributed by atoms with Gasteiger partial charge in [-0.1, -0.05) is 54.6 Å². The topological polar surface area (TPSA) is 88.5 Å². The van der Waals surface area contributed by atoms with Gasteiger partial charge in [0.2, 0.25) is 5.91 Å². The number of ether oxygens (including phenoxy) is 1. The van der Waals surface area contributed by atoms with Gasteiger partial charge >= 0.3 is 5.97 Å². The van der Waals surface area contributed by atoms with Crippen LogP contribution >= 0.6 is 12.2 Å². The predicted octanol–water partition coefficient (Wildman–Crippen LogP) is 6.43. The largest absolute Gasteiger partial charge is 0.465 e. The van der Waals surface area contributed by atoms with Gasteiger partial charge in [-0.05, 0) is 73.4 Å². The standard InChI is InChI=1S/C35H33N5O3S/c1-22-21-27(23(2)40(22)30-17-7-6-14-26(30)34(42)43-3)33-32(29-15-8-9-19-36-29)38-35(44)39(33)20-18-31(41)37-28-16-10-12-24-11-4-5-13-25(24)28/h4-17,19,21,32-33H,18,20H2,1-3H3,(H,37,41)(H,38,44). The number of carbonyl (C=O) groups excluding carboxylic acids is 2. The van der Waals surface area contributed by atoms with Crippen LogP contribution in [0.1, 0.15) is 51.5 Å². The van der Waals surface area contributed by atoms with Crippen LogP contribution in [0.15, 0.2) is 97.2 Å². The number of thiocarbonyl (C=S) groups is 1. The highest BCUT2D eigenvalue weighted by molar-refractivity contribution is 7.80. The lowest BCUT2D eigenvalue weighted by Gasteiger charge is -2.28. The smallest absolute Gasteiger partial charge is 0.339 e. The fourth-order valence-corrected chi connectivity index (χ4v) is 6.49. The van der Waals surface area contributed by atoms with E-state index in [9.17, 15) is 9.59 Å². The van der Waals surface area contributed by atoms with E-state index in [0.29, 0.717) is 17.2 Å². The zero-order valence-electron chi connectivity index (χ0n) is 24.8. The molecule has 1 aliphatic rings. The van der Waals surface area contributed by atoms with Crippen molar-refractivity contribution in [1.29, 1.82) is 0 Å². The molecule has 8 nitrogen and oxygen atoms in total. The van der Waals surface area contributed by atoms with E-state index in [1.165, 1.54) is 7.11 Å². The molecule has 2 aromatic heterocycles. The third-order valence-electron chi connectivity index (χ3n) is 8.18. The number of methoxy groups -OCH3 is 1. The zero-order valence-corrected chi connectivity index (χ0v) is 25.6. The first-order valence-electron chi connectivity index (χ1n) is 14.5. The van der Waals surface area contributed by atoms with E-state index in [1.807, 2.05) is 92.7 Å². The zero-order chi connectivity index (χ0) is 30.8. The van der Waals surface area contributed by atoms with Crippen LogP contribution in [0.4, 0.5) is 5.69 Å². The number of para-hydroxylation sites is 1. The maximum atomic E-state index is 13.3. The van der Waals surface area contributed by atoms with Crippen LogP contribution in [-0.2, 0) is 9.53 Å². The number of aromatic nitrogens is 2. The lowest BCUT2D eigenvalue weighted by atomic mass is 9.96. The molecular formula is C35H33N5O3S. The summed E-state index contributed by atoms with van der Waals surface area (Å²) >= 11 is 5.87. The van der Waals surface area contributed by atoms with Crippen molar-refractivity contribution in [3.8, 4) is 5.69 Å². The van der Waals surface area contributed by atoms with E-state index < -0.39 is 5.97 Å². The second kappa shape index (κ2) is 12.3. The molecule has 1 aliphatic heterocycles. The Morgan fingerprint density at radius 2 is 1.73 bits per heavy atom. The van der Waals surface area contributed by atoms with Gasteiger partial charge in [-0.2, -0.15) is 0 Å². The summed E-state index contributed by atoms with van der Waals surface area (Å²) < 4.78 is 7.15. The molecule has 1 saturated heterocycles. The van der Waals surface area contributed by atoms with Crippen LogP contribution < -0.4 is 10.6 Å². The normalized spacial score (nSPS) is 16.2. The second-order valence-corrected chi connectivity index (χ2v) is 11.2. The predicted molar refractivity (Wildman–Crippen MR) is 176 cm³/mol. The third-order valence-corrected chi connectivity index (χ3v) is 8.53. The van der Waals surface area contributed by atoms with E-state index in [4.69, 9.17) is 17.0 Å². The Balaban J connectivity index is 1.34. The lowest BCUT2D eigenvalue weighted by molar-refractivity contribution is -0.116. The molecule has 6 rings (SSSR count). The van der Waals surface area contributed by atoms with E-state index in [-0.39, 0.29) is 24.4 Å². The number of carbonyl (C=O) groups is 2. The Bertz CT molecular complexity index is 1860. The summed E-state index contributed by atoms with van der Waals surface area (Å²) in [6.45, 7) is 4.46. The molecule has 0 radical (unpaired) electrons. The van der Waals surface area contributed by atoms with Crippen molar-refractivity contribution in [1.82, 2.24) is 19.8 Å². The van der Waals surface area contributed by atoms with Gasteiger partial charge < -0.3 is 24.8 Å². The number of nitrogens with one attached hydrogen (secondary N) is 2. The average Bonchev–Trinajstić information content (AvgIpc) is 3.53. The van der Waals surface area contributed by atoms with Crippen LogP contribution in [0.2, 0.25) is 0 Å². The Labute approximate surface area is 261 Å². The highest BCUT2D eigenvalue weighted by Crippen LogP contribution is 2.41. The maximum Gasteiger partial charge on any atom is 0.339 e. The second-order valence-electron chi connectivity index (χ2n) is 10.8. The molecule has 5 aromatic rings. The fourth-order valence-electron chi connectivity index (χ4n) is 6.16. The monoisotopic (exact) mass is 603 g/mol. The third kappa shape index (κ3) is 5.42. The first kappa shape index (κ1) is 29.1. The summed E-state index contributed by atoms with van der Waals surface area (Å²) in [6.07, 6.45) is 2.01. The summed E-state index contributed by atoms with van der Waals surface area (Å²) in [5, 5.41) is 9.20. The minimum atomic E-state index is -0.399. The number of nitrogens with zero attached hydrogens (tertiary/aromatic N) is 3. The number of benzene rings is 3. The molecular weight excluding hydrogens is 570 g/mol. The summed E-state index contributed by atoms with van der Waals surface area (Å²) in [7, 11) is 1.39. The van der Waals surface area contributed by atoms with E-state index in [1.54, 1.807) is 12.3 Å². The fraction of sp³-hybridized carbons (Fsp3) is 0.200. The molecule has 1 amide bonds. The number of rotatable bonds is 8.